The normalized spacial score (nSPS) is 11.8. The quantitative estimate of drug-likeness (QED) is 0.205. The van der Waals surface area contributed by atoms with E-state index < -0.39 is 21.9 Å². The summed E-state index contributed by atoms with van der Waals surface area (Å²) in [6, 6.07) is 25.5. The number of benzene rings is 4. The molecule has 0 unspecified atom stereocenters. The Hall–Kier alpha value is -2.69. The Morgan fingerprint density at radius 3 is 2.36 bits per heavy atom. The van der Waals surface area contributed by atoms with Gasteiger partial charge < -0.3 is 25.1 Å². The summed E-state index contributed by atoms with van der Waals surface area (Å²) in [6.07, 6.45) is -0.0423. The van der Waals surface area contributed by atoms with E-state index in [1.807, 2.05) is 6.07 Å². The van der Waals surface area contributed by atoms with Crippen molar-refractivity contribution in [1.82, 2.24) is 5.32 Å². The van der Waals surface area contributed by atoms with Crippen molar-refractivity contribution in [3.63, 3.8) is 0 Å². The minimum atomic E-state index is -3.84. The fourth-order valence-corrected chi connectivity index (χ4v) is 5.32. The van der Waals surface area contributed by atoms with E-state index in [-0.39, 0.29) is 56.4 Å². The van der Waals surface area contributed by atoms with E-state index in [4.69, 9.17) is 16.3 Å². The van der Waals surface area contributed by atoms with Gasteiger partial charge in [-0.15, -0.1) is 0 Å². The number of hydrogen-bond acceptors (Lipinski definition) is 7. The van der Waals surface area contributed by atoms with Crippen molar-refractivity contribution in [2.24, 2.45) is 0 Å². The average molecular weight is 574 g/mol. The van der Waals surface area contributed by atoms with Crippen LogP contribution in [0, 0.1) is 0 Å². The summed E-state index contributed by atoms with van der Waals surface area (Å²) in [4.78, 5) is 11.5. The minimum Gasteiger partial charge on any atom is -0.545 e. The van der Waals surface area contributed by atoms with Gasteiger partial charge in [-0.2, -0.15) is 0 Å². The van der Waals surface area contributed by atoms with Gasteiger partial charge in [-0.3, -0.25) is 0 Å². The van der Waals surface area contributed by atoms with Crippen LogP contribution in [0.25, 0.3) is 0 Å². The van der Waals surface area contributed by atoms with E-state index in [1.165, 1.54) is 30.3 Å². The van der Waals surface area contributed by atoms with Crippen LogP contribution in [-0.4, -0.2) is 32.6 Å². The predicted molar refractivity (Wildman–Crippen MR) is 142 cm³/mol. The van der Waals surface area contributed by atoms with Crippen LogP contribution >= 0.6 is 11.6 Å². The number of sulfone groups is 1. The SMILES string of the molecule is O=C([O-])c1ccccc1Oc1cccc(S(=O)(=O)c2ccc(CCNC[C@H](O)c3cccc(Cl)c3)cc2)c1.[Na+]. The molecule has 4 aromatic rings. The summed E-state index contributed by atoms with van der Waals surface area (Å²) in [7, 11) is -3.84. The summed E-state index contributed by atoms with van der Waals surface area (Å²) >= 11 is 5.97. The molecule has 39 heavy (non-hydrogen) atoms. The van der Waals surface area contributed by atoms with Gasteiger partial charge in [0.1, 0.15) is 11.5 Å². The molecule has 0 amide bonds. The van der Waals surface area contributed by atoms with Crippen molar-refractivity contribution in [3.05, 3.63) is 119 Å². The molecule has 0 aromatic heterocycles. The molecule has 7 nitrogen and oxygen atoms in total. The number of hydrogen-bond donors (Lipinski definition) is 2. The summed E-state index contributed by atoms with van der Waals surface area (Å²) in [6.45, 7) is 0.953. The van der Waals surface area contributed by atoms with Gasteiger partial charge in [0.2, 0.25) is 9.84 Å². The standard InChI is InChI=1S/C29H26ClNO6S.Na/c30-22-6-3-5-21(17-22)27(32)19-31-16-15-20-11-13-24(14-12-20)38(35,36)25-8-4-7-23(18-25)37-28-10-2-1-9-26(28)29(33)34;/h1-14,17-18,27,31-32H,15-16,19H2,(H,33,34);/q;+1/p-1/t27-;/m0./s1. The molecular formula is C29H25ClNNaO6S. The van der Waals surface area contributed by atoms with E-state index in [0.29, 0.717) is 24.5 Å². The van der Waals surface area contributed by atoms with Crippen molar-refractivity contribution in [1.29, 1.82) is 0 Å². The van der Waals surface area contributed by atoms with Gasteiger partial charge in [-0.1, -0.05) is 54.1 Å². The van der Waals surface area contributed by atoms with Crippen molar-refractivity contribution >= 4 is 27.4 Å². The Morgan fingerprint density at radius 1 is 0.923 bits per heavy atom. The zero-order valence-corrected chi connectivity index (χ0v) is 24.8. The van der Waals surface area contributed by atoms with Crippen LogP contribution in [0.3, 0.4) is 0 Å². The van der Waals surface area contributed by atoms with Gasteiger partial charge in [0.25, 0.3) is 0 Å². The third-order valence-electron chi connectivity index (χ3n) is 5.85. The molecule has 0 radical (unpaired) electrons. The molecule has 0 heterocycles. The van der Waals surface area contributed by atoms with E-state index >= 15 is 0 Å². The number of aromatic carboxylic acids is 1. The summed E-state index contributed by atoms with van der Waals surface area (Å²) in [5.74, 6) is -1.15. The number of rotatable bonds is 11. The van der Waals surface area contributed by atoms with Crippen molar-refractivity contribution in [2.45, 2.75) is 22.3 Å². The maximum atomic E-state index is 13.2. The number of aliphatic hydroxyl groups is 1. The fraction of sp³-hybridized carbons (Fsp3) is 0.138. The number of ether oxygens (including phenoxy) is 1. The molecule has 2 N–H and O–H groups in total. The van der Waals surface area contributed by atoms with Crippen molar-refractivity contribution in [3.8, 4) is 11.5 Å². The smallest absolute Gasteiger partial charge is 0.545 e. The summed E-state index contributed by atoms with van der Waals surface area (Å²) in [5, 5.41) is 25.4. The van der Waals surface area contributed by atoms with Gasteiger partial charge in [0, 0.05) is 17.1 Å². The van der Waals surface area contributed by atoms with Gasteiger partial charge >= 0.3 is 29.6 Å². The van der Waals surface area contributed by atoms with Gasteiger partial charge in [-0.05, 0) is 78.7 Å². The van der Waals surface area contributed by atoms with Gasteiger partial charge in [0.05, 0.1) is 21.9 Å². The second kappa shape index (κ2) is 14.1. The van der Waals surface area contributed by atoms with Gasteiger partial charge in [-0.25, -0.2) is 8.42 Å². The molecule has 0 bridgehead atoms. The van der Waals surface area contributed by atoms with E-state index in [0.717, 1.165) is 11.1 Å². The third kappa shape index (κ3) is 8.16. The van der Waals surface area contributed by atoms with Crippen molar-refractivity contribution in [2.75, 3.05) is 13.1 Å². The van der Waals surface area contributed by atoms with Crippen LogP contribution in [0.2, 0.25) is 5.02 Å². The molecule has 0 fully saturated rings. The monoisotopic (exact) mass is 573 g/mol. The maximum Gasteiger partial charge on any atom is 1.00 e. The molecule has 0 aliphatic rings. The number of para-hydroxylation sites is 1. The third-order valence-corrected chi connectivity index (χ3v) is 7.85. The van der Waals surface area contributed by atoms with E-state index in [1.54, 1.807) is 60.7 Å². The van der Waals surface area contributed by atoms with Crippen LogP contribution in [0.15, 0.2) is 107 Å². The zero-order chi connectivity index (χ0) is 27.1. The Balaban J connectivity index is 0.00000420. The first-order chi connectivity index (χ1) is 18.2. The number of nitrogens with one attached hydrogen (secondary N) is 1. The molecule has 10 heteroatoms. The zero-order valence-electron chi connectivity index (χ0n) is 21.2. The van der Waals surface area contributed by atoms with E-state index in [9.17, 15) is 23.4 Å². The Labute approximate surface area is 254 Å². The first-order valence-corrected chi connectivity index (χ1v) is 13.7. The molecule has 1 atom stereocenters. The second-order valence-electron chi connectivity index (χ2n) is 8.53. The molecule has 4 rings (SSSR count). The number of carbonyl (C=O) groups excluding carboxylic acids is 1. The molecule has 4 aromatic carbocycles. The van der Waals surface area contributed by atoms with Crippen LogP contribution in [-0.2, 0) is 16.3 Å². The molecule has 0 saturated carbocycles. The molecule has 0 spiro atoms. The van der Waals surface area contributed by atoms with Crippen molar-refractivity contribution < 1.29 is 57.7 Å². The maximum absolute atomic E-state index is 13.2. The number of carboxylic acids is 1. The predicted octanol–water partition coefficient (Wildman–Crippen LogP) is 1.20. The number of halogens is 1. The molecule has 0 aliphatic carbocycles. The Bertz CT molecular complexity index is 1530. The summed E-state index contributed by atoms with van der Waals surface area (Å²) < 4.78 is 32.1. The topological polar surface area (TPSA) is 116 Å². The number of aliphatic hydroxyl groups excluding tert-OH is 1. The summed E-state index contributed by atoms with van der Waals surface area (Å²) in [5.41, 5.74) is 1.53. The van der Waals surface area contributed by atoms with Gasteiger partial charge in [0.15, 0.2) is 0 Å². The number of carboxylic acid groups (broad SMARTS) is 1. The Morgan fingerprint density at radius 2 is 1.64 bits per heavy atom. The molecule has 196 valence electrons. The largest absolute Gasteiger partial charge is 1.00 e. The fourth-order valence-electron chi connectivity index (χ4n) is 3.83. The first kappa shape index (κ1) is 30.8. The average Bonchev–Trinajstić information content (AvgIpc) is 2.91. The van der Waals surface area contributed by atoms with Crippen LogP contribution in [0.5, 0.6) is 11.5 Å². The molecular weight excluding hydrogens is 549 g/mol. The molecule has 0 aliphatic heterocycles. The number of carbonyl (C=O) groups is 1. The minimum absolute atomic E-state index is 0. The second-order valence-corrected chi connectivity index (χ2v) is 10.9. The van der Waals surface area contributed by atoms with Crippen LogP contribution in [0.4, 0.5) is 0 Å². The van der Waals surface area contributed by atoms with E-state index in [2.05, 4.69) is 5.32 Å². The Kier molecular flexibility index (Phi) is 11.1. The first-order valence-electron chi connectivity index (χ1n) is 11.8. The molecule has 0 saturated heterocycles. The van der Waals surface area contributed by atoms with Crippen LogP contribution < -0.4 is 44.7 Å². The van der Waals surface area contributed by atoms with Crippen LogP contribution in [0.1, 0.15) is 27.6 Å².